The Morgan fingerprint density at radius 2 is 2.50 bits per heavy atom. The van der Waals surface area contributed by atoms with E-state index in [1.165, 1.54) is 0 Å². The highest BCUT2D eigenvalue weighted by atomic mass is 16.2. The Morgan fingerprint density at radius 3 is 3.07 bits per heavy atom. The summed E-state index contributed by atoms with van der Waals surface area (Å²) < 4.78 is 0. The van der Waals surface area contributed by atoms with Crippen molar-refractivity contribution in [1.29, 1.82) is 5.26 Å². The van der Waals surface area contributed by atoms with E-state index < -0.39 is 0 Å². The summed E-state index contributed by atoms with van der Waals surface area (Å²) in [6.45, 7) is 5.67. The van der Waals surface area contributed by atoms with Gasteiger partial charge in [0.2, 0.25) is 5.91 Å². The van der Waals surface area contributed by atoms with Crippen LogP contribution in [0.5, 0.6) is 0 Å². The molecule has 14 heavy (non-hydrogen) atoms. The van der Waals surface area contributed by atoms with Crippen molar-refractivity contribution < 1.29 is 4.79 Å². The summed E-state index contributed by atoms with van der Waals surface area (Å²) in [5.74, 6) is 0.0761. The molecule has 1 fully saturated rings. The highest BCUT2D eigenvalue weighted by Crippen LogP contribution is 2.10. The van der Waals surface area contributed by atoms with Gasteiger partial charge in [0.1, 0.15) is 6.04 Å². The highest BCUT2D eigenvalue weighted by Gasteiger charge is 2.30. The summed E-state index contributed by atoms with van der Waals surface area (Å²) in [7, 11) is 0. The number of nitriles is 1. The fourth-order valence-corrected chi connectivity index (χ4v) is 1.67. The Morgan fingerprint density at radius 1 is 1.79 bits per heavy atom. The SMILES string of the molecule is CCC(C)N1CCNC(CC#N)C1=O. The molecule has 1 aliphatic heterocycles. The lowest BCUT2D eigenvalue weighted by Gasteiger charge is -2.36. The zero-order valence-electron chi connectivity index (χ0n) is 8.79. The third-order valence-electron chi connectivity index (χ3n) is 2.74. The average molecular weight is 195 g/mol. The summed E-state index contributed by atoms with van der Waals surface area (Å²) >= 11 is 0. The van der Waals surface area contributed by atoms with Gasteiger partial charge in [-0.3, -0.25) is 4.79 Å². The van der Waals surface area contributed by atoms with Gasteiger partial charge in [-0.05, 0) is 13.3 Å². The molecule has 4 nitrogen and oxygen atoms in total. The average Bonchev–Trinajstić information content (AvgIpc) is 2.20. The van der Waals surface area contributed by atoms with Crippen LogP contribution in [0.15, 0.2) is 0 Å². The number of amides is 1. The molecule has 1 aliphatic rings. The van der Waals surface area contributed by atoms with Gasteiger partial charge in [-0.1, -0.05) is 6.92 Å². The molecule has 1 heterocycles. The number of nitrogens with zero attached hydrogens (tertiary/aromatic N) is 2. The van der Waals surface area contributed by atoms with Crippen molar-refractivity contribution in [2.75, 3.05) is 13.1 Å². The van der Waals surface area contributed by atoms with Crippen molar-refractivity contribution in [3.63, 3.8) is 0 Å². The summed E-state index contributed by atoms with van der Waals surface area (Å²) in [5, 5.41) is 11.6. The molecule has 4 heteroatoms. The van der Waals surface area contributed by atoms with Gasteiger partial charge < -0.3 is 10.2 Å². The normalized spacial score (nSPS) is 24.5. The van der Waals surface area contributed by atoms with Crippen LogP contribution >= 0.6 is 0 Å². The maximum Gasteiger partial charge on any atom is 0.241 e. The quantitative estimate of drug-likeness (QED) is 0.713. The van der Waals surface area contributed by atoms with Crippen molar-refractivity contribution in [3.05, 3.63) is 0 Å². The van der Waals surface area contributed by atoms with Crippen LogP contribution < -0.4 is 5.32 Å². The molecule has 0 radical (unpaired) electrons. The monoisotopic (exact) mass is 195 g/mol. The minimum Gasteiger partial charge on any atom is -0.337 e. The van der Waals surface area contributed by atoms with Crippen molar-refractivity contribution in [3.8, 4) is 6.07 Å². The first-order valence-corrected chi connectivity index (χ1v) is 5.11. The van der Waals surface area contributed by atoms with E-state index in [2.05, 4.69) is 12.2 Å². The van der Waals surface area contributed by atoms with E-state index in [-0.39, 0.29) is 24.4 Å². The molecular formula is C10H17N3O. The van der Waals surface area contributed by atoms with Crippen LogP contribution in [0.25, 0.3) is 0 Å². The number of rotatable bonds is 3. The third kappa shape index (κ3) is 2.24. The predicted molar refractivity (Wildman–Crippen MR) is 53.5 cm³/mol. The topological polar surface area (TPSA) is 56.1 Å². The van der Waals surface area contributed by atoms with Gasteiger partial charge in [-0.25, -0.2) is 0 Å². The van der Waals surface area contributed by atoms with Crippen LogP contribution in [0.3, 0.4) is 0 Å². The standard InChI is InChI=1S/C10H17N3O/c1-3-8(2)13-7-6-12-9(4-5-11)10(13)14/h8-9,12H,3-4,6-7H2,1-2H3. The zero-order valence-corrected chi connectivity index (χ0v) is 8.79. The molecule has 2 unspecified atom stereocenters. The van der Waals surface area contributed by atoms with E-state index >= 15 is 0 Å². The van der Waals surface area contributed by atoms with Crippen LogP contribution in [0.4, 0.5) is 0 Å². The lowest BCUT2D eigenvalue weighted by molar-refractivity contribution is -0.137. The Kier molecular flexibility index (Phi) is 3.90. The Labute approximate surface area is 84.9 Å². The summed E-state index contributed by atoms with van der Waals surface area (Å²) in [5.41, 5.74) is 0. The van der Waals surface area contributed by atoms with Crippen LogP contribution in [0.1, 0.15) is 26.7 Å². The van der Waals surface area contributed by atoms with Crippen LogP contribution in [-0.4, -0.2) is 36.0 Å². The van der Waals surface area contributed by atoms with Gasteiger partial charge in [-0.15, -0.1) is 0 Å². The molecule has 0 saturated carbocycles. The van der Waals surface area contributed by atoms with E-state index in [4.69, 9.17) is 5.26 Å². The van der Waals surface area contributed by atoms with Gasteiger partial charge in [0.25, 0.3) is 0 Å². The summed E-state index contributed by atoms with van der Waals surface area (Å²) in [4.78, 5) is 13.7. The number of carbonyl (C=O) groups excluding carboxylic acids is 1. The zero-order chi connectivity index (χ0) is 10.6. The molecule has 0 aliphatic carbocycles. The lowest BCUT2D eigenvalue weighted by atomic mass is 10.1. The molecular weight excluding hydrogens is 178 g/mol. The van der Waals surface area contributed by atoms with E-state index in [1.54, 1.807) is 0 Å². The van der Waals surface area contributed by atoms with E-state index in [1.807, 2.05) is 17.9 Å². The number of carbonyl (C=O) groups is 1. The molecule has 1 amide bonds. The Hall–Kier alpha value is -1.08. The number of nitrogens with one attached hydrogen (secondary N) is 1. The minimum absolute atomic E-state index is 0.0761. The summed E-state index contributed by atoms with van der Waals surface area (Å²) in [6.07, 6.45) is 1.23. The van der Waals surface area contributed by atoms with Crippen LogP contribution in [0.2, 0.25) is 0 Å². The largest absolute Gasteiger partial charge is 0.337 e. The maximum absolute atomic E-state index is 11.8. The van der Waals surface area contributed by atoms with E-state index in [0.29, 0.717) is 0 Å². The van der Waals surface area contributed by atoms with Gasteiger partial charge in [0.15, 0.2) is 0 Å². The first kappa shape index (κ1) is 11.0. The number of hydrogen-bond acceptors (Lipinski definition) is 3. The first-order chi connectivity index (χ1) is 6.70. The van der Waals surface area contributed by atoms with Crippen molar-refractivity contribution >= 4 is 5.91 Å². The second-order valence-electron chi connectivity index (χ2n) is 3.66. The molecule has 0 aromatic rings. The fourth-order valence-electron chi connectivity index (χ4n) is 1.67. The van der Waals surface area contributed by atoms with Crippen molar-refractivity contribution in [1.82, 2.24) is 10.2 Å². The van der Waals surface area contributed by atoms with Gasteiger partial charge in [0.05, 0.1) is 12.5 Å². The van der Waals surface area contributed by atoms with Gasteiger partial charge in [-0.2, -0.15) is 5.26 Å². The molecule has 0 bridgehead atoms. The lowest BCUT2D eigenvalue weighted by Crippen LogP contribution is -2.57. The van der Waals surface area contributed by atoms with Gasteiger partial charge >= 0.3 is 0 Å². The highest BCUT2D eigenvalue weighted by molar-refractivity contribution is 5.83. The van der Waals surface area contributed by atoms with Gasteiger partial charge in [0, 0.05) is 19.1 Å². The summed E-state index contributed by atoms with van der Waals surface area (Å²) in [6, 6.07) is 2.03. The molecule has 2 atom stereocenters. The Balaban J connectivity index is 2.62. The van der Waals surface area contributed by atoms with Crippen molar-refractivity contribution in [2.45, 2.75) is 38.8 Å². The van der Waals surface area contributed by atoms with Crippen molar-refractivity contribution in [2.24, 2.45) is 0 Å². The third-order valence-corrected chi connectivity index (χ3v) is 2.74. The molecule has 0 aromatic carbocycles. The second kappa shape index (κ2) is 4.97. The van der Waals surface area contributed by atoms with E-state index in [0.717, 1.165) is 19.5 Å². The Bertz CT molecular complexity index is 246. The molecule has 78 valence electrons. The maximum atomic E-state index is 11.8. The second-order valence-corrected chi connectivity index (χ2v) is 3.66. The number of hydrogen-bond donors (Lipinski definition) is 1. The minimum atomic E-state index is -0.289. The predicted octanol–water partition coefficient (Wildman–Crippen LogP) is 0.499. The number of piperazine rings is 1. The smallest absolute Gasteiger partial charge is 0.241 e. The molecule has 1 rings (SSSR count). The first-order valence-electron chi connectivity index (χ1n) is 5.11. The van der Waals surface area contributed by atoms with Crippen LogP contribution in [-0.2, 0) is 4.79 Å². The fraction of sp³-hybridized carbons (Fsp3) is 0.800. The van der Waals surface area contributed by atoms with E-state index in [9.17, 15) is 4.79 Å². The molecule has 0 spiro atoms. The molecule has 1 N–H and O–H groups in total. The van der Waals surface area contributed by atoms with Crippen LogP contribution in [0, 0.1) is 11.3 Å². The molecule has 1 saturated heterocycles. The molecule has 0 aromatic heterocycles.